The summed E-state index contributed by atoms with van der Waals surface area (Å²) in [5, 5.41) is 5.81. The fourth-order valence-electron chi connectivity index (χ4n) is 2.37. The molecule has 5 heteroatoms. The number of hydrogen-bond acceptors (Lipinski definition) is 2. The van der Waals surface area contributed by atoms with Crippen LogP contribution in [0, 0.1) is 17.6 Å². The maximum absolute atomic E-state index is 13.4. The molecular formula is C14H18F2N2O. The molecule has 3 nitrogen and oxygen atoms in total. The van der Waals surface area contributed by atoms with Crippen molar-refractivity contribution in [2.45, 2.75) is 32.4 Å². The predicted octanol–water partition coefficient (Wildman–Crippen LogP) is 1.97. The van der Waals surface area contributed by atoms with Gasteiger partial charge in [0.05, 0.1) is 6.04 Å². The van der Waals surface area contributed by atoms with Crippen molar-refractivity contribution in [1.29, 1.82) is 0 Å². The number of rotatable bonds is 3. The van der Waals surface area contributed by atoms with Gasteiger partial charge in [0, 0.05) is 12.1 Å². The van der Waals surface area contributed by atoms with Gasteiger partial charge in [-0.1, -0.05) is 6.92 Å². The van der Waals surface area contributed by atoms with E-state index in [2.05, 4.69) is 10.6 Å². The van der Waals surface area contributed by atoms with Crippen molar-refractivity contribution >= 4 is 5.91 Å². The Kier molecular flexibility index (Phi) is 4.47. The molecule has 1 aromatic carbocycles. The Balaban J connectivity index is 1.94. The van der Waals surface area contributed by atoms with Crippen LogP contribution in [-0.4, -0.2) is 18.5 Å². The third kappa shape index (κ3) is 3.50. The second-order valence-electron chi connectivity index (χ2n) is 5.00. The number of nitrogens with one attached hydrogen (secondary N) is 2. The lowest BCUT2D eigenvalue weighted by Crippen LogP contribution is -2.50. The summed E-state index contributed by atoms with van der Waals surface area (Å²) in [7, 11) is 0. The molecule has 2 N–H and O–H groups in total. The molecule has 0 aliphatic carbocycles. The fraction of sp³-hybridized carbons (Fsp3) is 0.500. The van der Waals surface area contributed by atoms with Gasteiger partial charge in [-0.25, -0.2) is 8.78 Å². The second-order valence-corrected chi connectivity index (χ2v) is 5.00. The van der Waals surface area contributed by atoms with Crippen LogP contribution in [0.5, 0.6) is 0 Å². The molecule has 1 saturated heterocycles. The molecule has 1 fully saturated rings. The molecule has 1 aliphatic rings. The first kappa shape index (κ1) is 13.9. The van der Waals surface area contributed by atoms with Crippen molar-refractivity contribution in [1.82, 2.24) is 10.6 Å². The van der Waals surface area contributed by atoms with Gasteiger partial charge >= 0.3 is 0 Å². The molecule has 1 aliphatic heterocycles. The normalized spacial score (nSPS) is 23.1. The van der Waals surface area contributed by atoms with Crippen LogP contribution in [0.1, 0.15) is 25.3 Å². The Morgan fingerprint density at radius 2 is 2.26 bits per heavy atom. The number of piperidine rings is 1. The van der Waals surface area contributed by atoms with Crippen LogP contribution < -0.4 is 10.6 Å². The third-order valence-corrected chi connectivity index (χ3v) is 3.51. The summed E-state index contributed by atoms with van der Waals surface area (Å²) in [4.78, 5) is 12.0. The molecule has 0 radical (unpaired) electrons. The average Bonchev–Trinajstić information content (AvgIpc) is 2.40. The fourth-order valence-corrected chi connectivity index (χ4v) is 2.37. The molecule has 2 atom stereocenters. The average molecular weight is 268 g/mol. The van der Waals surface area contributed by atoms with Crippen molar-refractivity contribution in [3.8, 4) is 0 Å². The van der Waals surface area contributed by atoms with Gasteiger partial charge in [0.2, 0.25) is 5.91 Å². The van der Waals surface area contributed by atoms with Gasteiger partial charge in [0.1, 0.15) is 11.6 Å². The lowest BCUT2D eigenvalue weighted by molar-refractivity contribution is -0.125. The predicted molar refractivity (Wildman–Crippen MR) is 68.4 cm³/mol. The van der Waals surface area contributed by atoms with Crippen molar-refractivity contribution < 1.29 is 13.6 Å². The Hall–Kier alpha value is -1.49. The van der Waals surface area contributed by atoms with Crippen LogP contribution in [0.2, 0.25) is 0 Å². The maximum Gasteiger partial charge on any atom is 0.237 e. The molecule has 19 heavy (non-hydrogen) atoms. The summed E-state index contributed by atoms with van der Waals surface area (Å²) < 4.78 is 26.4. The van der Waals surface area contributed by atoms with Gasteiger partial charge in [-0.05, 0) is 43.5 Å². The van der Waals surface area contributed by atoms with Gasteiger partial charge in [-0.15, -0.1) is 0 Å². The lowest BCUT2D eigenvalue weighted by atomic mass is 9.92. The van der Waals surface area contributed by atoms with E-state index in [1.165, 1.54) is 0 Å². The molecule has 1 amide bonds. The summed E-state index contributed by atoms with van der Waals surface area (Å²) >= 11 is 0. The highest BCUT2D eigenvalue weighted by atomic mass is 19.1. The number of hydrogen-bond donors (Lipinski definition) is 2. The SMILES string of the molecule is CC1CCCNC1C(=O)NCc1cc(F)ccc1F. The smallest absolute Gasteiger partial charge is 0.237 e. The van der Waals surface area contributed by atoms with E-state index in [4.69, 9.17) is 0 Å². The molecule has 1 heterocycles. The molecule has 0 saturated carbocycles. The zero-order valence-electron chi connectivity index (χ0n) is 10.9. The van der Waals surface area contributed by atoms with E-state index >= 15 is 0 Å². The van der Waals surface area contributed by atoms with Crippen molar-refractivity contribution in [2.24, 2.45) is 5.92 Å². The van der Waals surface area contributed by atoms with Crippen LogP contribution in [0.25, 0.3) is 0 Å². The highest BCUT2D eigenvalue weighted by Gasteiger charge is 2.27. The Morgan fingerprint density at radius 3 is 3.00 bits per heavy atom. The number of halogens is 2. The minimum atomic E-state index is -0.508. The van der Waals surface area contributed by atoms with Crippen molar-refractivity contribution in [3.63, 3.8) is 0 Å². The first-order chi connectivity index (χ1) is 9.08. The summed E-state index contributed by atoms with van der Waals surface area (Å²) in [6.45, 7) is 2.84. The minimum Gasteiger partial charge on any atom is -0.351 e. The number of benzene rings is 1. The van der Waals surface area contributed by atoms with Gasteiger partial charge in [-0.3, -0.25) is 4.79 Å². The third-order valence-electron chi connectivity index (χ3n) is 3.51. The van der Waals surface area contributed by atoms with Gasteiger partial charge < -0.3 is 10.6 Å². The highest BCUT2D eigenvalue weighted by Crippen LogP contribution is 2.16. The lowest BCUT2D eigenvalue weighted by Gasteiger charge is -2.28. The zero-order chi connectivity index (χ0) is 13.8. The van der Waals surface area contributed by atoms with E-state index in [9.17, 15) is 13.6 Å². The van der Waals surface area contributed by atoms with Gasteiger partial charge in [-0.2, -0.15) is 0 Å². The van der Waals surface area contributed by atoms with Crippen LogP contribution in [-0.2, 0) is 11.3 Å². The molecule has 0 bridgehead atoms. The summed E-state index contributed by atoms with van der Waals surface area (Å²) in [6, 6.07) is 2.99. The molecule has 2 rings (SSSR count). The van der Waals surface area contributed by atoms with Crippen molar-refractivity contribution in [3.05, 3.63) is 35.4 Å². The van der Waals surface area contributed by atoms with Gasteiger partial charge in [0.15, 0.2) is 0 Å². The minimum absolute atomic E-state index is 0.00727. The van der Waals surface area contributed by atoms with Crippen LogP contribution in [0.3, 0.4) is 0 Å². The van der Waals surface area contributed by atoms with E-state index in [0.717, 1.165) is 37.6 Å². The van der Waals surface area contributed by atoms with E-state index in [1.54, 1.807) is 0 Å². The zero-order valence-corrected chi connectivity index (χ0v) is 10.9. The number of carbonyl (C=O) groups excluding carboxylic acids is 1. The van der Waals surface area contributed by atoms with Crippen LogP contribution in [0.15, 0.2) is 18.2 Å². The summed E-state index contributed by atoms with van der Waals surface area (Å²) in [6.07, 6.45) is 2.06. The first-order valence-corrected chi connectivity index (χ1v) is 6.53. The molecule has 1 aromatic rings. The second kappa shape index (κ2) is 6.10. The Morgan fingerprint density at radius 1 is 1.47 bits per heavy atom. The van der Waals surface area contributed by atoms with E-state index in [1.807, 2.05) is 6.92 Å². The highest BCUT2D eigenvalue weighted by molar-refractivity contribution is 5.82. The standard InChI is InChI=1S/C14H18F2N2O/c1-9-3-2-6-17-13(9)14(19)18-8-10-7-11(15)4-5-12(10)16/h4-5,7,9,13,17H,2-3,6,8H2,1H3,(H,18,19). The monoisotopic (exact) mass is 268 g/mol. The Bertz CT molecular complexity index is 465. The number of amides is 1. The maximum atomic E-state index is 13.4. The quantitative estimate of drug-likeness (QED) is 0.880. The number of carbonyl (C=O) groups is 1. The largest absolute Gasteiger partial charge is 0.351 e. The van der Waals surface area contributed by atoms with E-state index in [0.29, 0.717) is 0 Å². The van der Waals surface area contributed by atoms with Gasteiger partial charge in [0.25, 0.3) is 0 Å². The molecule has 0 spiro atoms. The van der Waals surface area contributed by atoms with Crippen molar-refractivity contribution in [2.75, 3.05) is 6.54 Å². The van der Waals surface area contributed by atoms with Crippen LogP contribution in [0.4, 0.5) is 8.78 Å². The molecule has 2 unspecified atom stereocenters. The van der Waals surface area contributed by atoms with Crippen LogP contribution >= 0.6 is 0 Å². The molecule has 104 valence electrons. The van der Waals surface area contributed by atoms with E-state index < -0.39 is 11.6 Å². The first-order valence-electron chi connectivity index (χ1n) is 6.53. The topological polar surface area (TPSA) is 41.1 Å². The van der Waals surface area contributed by atoms with E-state index in [-0.39, 0.29) is 30.0 Å². The molecule has 0 aromatic heterocycles. The Labute approximate surface area is 111 Å². The summed E-state index contributed by atoms with van der Waals surface area (Å²) in [5.74, 6) is -0.914. The molecular weight excluding hydrogens is 250 g/mol. The summed E-state index contributed by atoms with van der Waals surface area (Å²) in [5.41, 5.74) is 0.164.